The molecular formula is C24H52N2O6P+. The number of phosphoric acid groups is 1. The summed E-state index contributed by atoms with van der Waals surface area (Å²) in [5, 5.41) is 0. The van der Waals surface area contributed by atoms with Crippen LogP contribution >= 0.6 is 7.82 Å². The molecule has 2 unspecified atom stereocenters. The molecule has 9 heteroatoms. The summed E-state index contributed by atoms with van der Waals surface area (Å²) in [7, 11) is 1.71. The van der Waals surface area contributed by atoms with Crippen LogP contribution in [0, 0.1) is 0 Å². The molecule has 0 aliphatic carbocycles. The molecule has 0 saturated heterocycles. The second-order valence-electron chi connectivity index (χ2n) is 10.0. The Morgan fingerprint density at radius 1 is 0.848 bits per heavy atom. The number of ether oxygens (including phenoxy) is 1. The molecule has 0 radical (unpaired) electrons. The van der Waals surface area contributed by atoms with Crippen molar-refractivity contribution in [2.75, 3.05) is 47.5 Å². The minimum absolute atomic E-state index is 0.0455. The number of hydrogen-bond donors (Lipinski definition) is 2. The van der Waals surface area contributed by atoms with Crippen molar-refractivity contribution in [3.05, 3.63) is 0 Å². The van der Waals surface area contributed by atoms with Gasteiger partial charge in [-0.3, -0.25) is 13.8 Å². The Bertz CT molecular complexity index is 528. The number of likely N-dealkylation sites (N-methyl/N-ethyl adjacent to an activating group) is 1. The summed E-state index contributed by atoms with van der Waals surface area (Å²) in [5.74, 6) is -0.292. The van der Waals surface area contributed by atoms with Gasteiger partial charge in [-0.25, -0.2) is 4.57 Å². The standard InChI is InChI=1S/C24H51N2O6P/c1-5-6-7-8-9-10-11-12-13-14-15-16-17-18-24(27)30-21-23(25)22-32-33(28,29)31-20-19-26(2,3)4/h23H,5-22,25H2,1-4H3/p+1. The van der Waals surface area contributed by atoms with Gasteiger partial charge in [-0.2, -0.15) is 0 Å². The number of esters is 1. The first-order valence-corrected chi connectivity index (χ1v) is 14.4. The maximum Gasteiger partial charge on any atom is 0.472 e. The average molecular weight is 496 g/mol. The quantitative estimate of drug-likeness (QED) is 0.0870. The summed E-state index contributed by atoms with van der Waals surface area (Å²) in [5.41, 5.74) is 5.81. The van der Waals surface area contributed by atoms with Gasteiger partial charge < -0.3 is 19.8 Å². The third kappa shape index (κ3) is 24.4. The zero-order valence-electron chi connectivity index (χ0n) is 21.8. The molecule has 198 valence electrons. The van der Waals surface area contributed by atoms with Crippen LogP contribution in [-0.4, -0.2) is 68.9 Å². The van der Waals surface area contributed by atoms with Gasteiger partial charge in [0.25, 0.3) is 0 Å². The van der Waals surface area contributed by atoms with Gasteiger partial charge >= 0.3 is 13.8 Å². The van der Waals surface area contributed by atoms with Crippen molar-refractivity contribution in [3.63, 3.8) is 0 Å². The normalized spacial score (nSPS) is 14.7. The van der Waals surface area contributed by atoms with Crippen LogP contribution in [0.3, 0.4) is 0 Å². The van der Waals surface area contributed by atoms with Crippen molar-refractivity contribution in [2.45, 2.75) is 103 Å². The van der Waals surface area contributed by atoms with Crippen molar-refractivity contribution in [2.24, 2.45) is 5.73 Å². The maximum atomic E-state index is 11.8. The molecule has 0 aromatic carbocycles. The van der Waals surface area contributed by atoms with E-state index in [1.807, 2.05) is 21.1 Å². The number of quaternary nitrogens is 1. The fraction of sp³-hybridized carbons (Fsp3) is 0.958. The molecule has 8 nitrogen and oxygen atoms in total. The Balaban J connectivity index is 3.57. The zero-order chi connectivity index (χ0) is 25.0. The Hall–Kier alpha value is -0.500. The van der Waals surface area contributed by atoms with Gasteiger partial charge in [-0.15, -0.1) is 0 Å². The first kappa shape index (κ1) is 32.5. The fourth-order valence-corrected chi connectivity index (χ4v) is 4.03. The monoisotopic (exact) mass is 495 g/mol. The van der Waals surface area contributed by atoms with E-state index in [0.29, 0.717) is 17.4 Å². The van der Waals surface area contributed by atoms with Crippen molar-refractivity contribution in [1.29, 1.82) is 0 Å². The maximum absolute atomic E-state index is 11.8. The number of nitrogens with two attached hydrogens (primary N) is 1. The van der Waals surface area contributed by atoms with E-state index in [9.17, 15) is 14.3 Å². The van der Waals surface area contributed by atoms with Gasteiger partial charge in [0.2, 0.25) is 0 Å². The van der Waals surface area contributed by atoms with Crippen LogP contribution in [0.5, 0.6) is 0 Å². The summed E-state index contributed by atoms with van der Waals surface area (Å²) in [4.78, 5) is 21.5. The molecule has 33 heavy (non-hydrogen) atoms. The predicted octanol–water partition coefficient (Wildman–Crippen LogP) is 5.18. The summed E-state index contributed by atoms with van der Waals surface area (Å²) < 4.78 is 27.4. The van der Waals surface area contributed by atoms with E-state index in [0.717, 1.165) is 19.3 Å². The molecule has 0 heterocycles. The molecule has 0 saturated carbocycles. The van der Waals surface area contributed by atoms with Gasteiger partial charge in [0.15, 0.2) is 0 Å². The highest BCUT2D eigenvalue weighted by Crippen LogP contribution is 2.42. The molecule has 0 rings (SSSR count). The molecule has 3 N–H and O–H groups in total. The molecular weight excluding hydrogens is 443 g/mol. The summed E-state index contributed by atoms with van der Waals surface area (Å²) >= 11 is 0. The van der Waals surface area contributed by atoms with Crippen molar-refractivity contribution in [3.8, 4) is 0 Å². The van der Waals surface area contributed by atoms with E-state index in [2.05, 4.69) is 6.92 Å². The molecule has 0 bridgehead atoms. The molecule has 0 spiro atoms. The second kappa shape index (κ2) is 19.8. The first-order valence-electron chi connectivity index (χ1n) is 12.9. The third-order valence-corrected chi connectivity index (χ3v) is 6.40. The predicted molar refractivity (Wildman–Crippen MR) is 134 cm³/mol. The second-order valence-corrected chi connectivity index (χ2v) is 11.5. The highest BCUT2D eigenvalue weighted by molar-refractivity contribution is 7.47. The summed E-state index contributed by atoms with van der Waals surface area (Å²) in [6, 6.07) is -0.678. The van der Waals surface area contributed by atoms with E-state index in [1.165, 1.54) is 64.2 Å². The van der Waals surface area contributed by atoms with Gasteiger partial charge in [-0.1, -0.05) is 84.0 Å². The lowest BCUT2D eigenvalue weighted by atomic mass is 10.0. The number of nitrogens with zero attached hydrogens (tertiary/aromatic N) is 1. The highest BCUT2D eigenvalue weighted by Gasteiger charge is 2.24. The smallest absolute Gasteiger partial charge is 0.464 e. The lowest BCUT2D eigenvalue weighted by Gasteiger charge is -2.24. The number of carbonyl (C=O) groups is 1. The lowest BCUT2D eigenvalue weighted by Crippen LogP contribution is -2.37. The molecule has 0 aliphatic heterocycles. The number of carbonyl (C=O) groups excluding carboxylic acids is 1. The van der Waals surface area contributed by atoms with Gasteiger partial charge in [0, 0.05) is 6.42 Å². The minimum atomic E-state index is -4.15. The Morgan fingerprint density at radius 2 is 1.33 bits per heavy atom. The van der Waals surface area contributed by atoms with Crippen LogP contribution in [0.4, 0.5) is 0 Å². The Labute approximate surface area is 202 Å². The average Bonchev–Trinajstić information content (AvgIpc) is 2.73. The van der Waals surface area contributed by atoms with E-state index in [4.69, 9.17) is 19.5 Å². The minimum Gasteiger partial charge on any atom is -0.464 e. The van der Waals surface area contributed by atoms with Crippen molar-refractivity contribution in [1.82, 2.24) is 0 Å². The van der Waals surface area contributed by atoms with Gasteiger partial charge in [0.05, 0.1) is 33.8 Å². The van der Waals surface area contributed by atoms with Crippen LogP contribution in [-0.2, 0) is 23.1 Å². The van der Waals surface area contributed by atoms with Crippen molar-refractivity contribution >= 4 is 13.8 Å². The third-order valence-electron chi connectivity index (χ3n) is 5.41. The fourth-order valence-electron chi connectivity index (χ4n) is 3.26. The molecule has 2 atom stereocenters. The SMILES string of the molecule is CCCCCCCCCCCCCCCC(=O)OCC(N)COP(=O)(O)OCC[N+](C)(C)C. The molecule has 0 fully saturated rings. The summed E-state index contributed by atoms with van der Waals surface area (Å²) in [6.45, 7) is 2.65. The van der Waals surface area contributed by atoms with Gasteiger partial charge in [-0.05, 0) is 6.42 Å². The van der Waals surface area contributed by atoms with E-state index >= 15 is 0 Å². The Kier molecular flexibility index (Phi) is 19.5. The molecule has 0 aliphatic rings. The van der Waals surface area contributed by atoms with E-state index in [-0.39, 0.29) is 25.8 Å². The highest BCUT2D eigenvalue weighted by atomic mass is 31.2. The molecule has 0 aromatic rings. The van der Waals surface area contributed by atoms with Crippen LogP contribution in [0.1, 0.15) is 96.8 Å². The first-order chi connectivity index (χ1) is 15.6. The Morgan fingerprint density at radius 3 is 1.82 bits per heavy atom. The van der Waals surface area contributed by atoms with E-state index in [1.54, 1.807) is 0 Å². The van der Waals surface area contributed by atoms with Crippen LogP contribution in [0.15, 0.2) is 0 Å². The number of rotatable bonds is 23. The van der Waals surface area contributed by atoms with Crippen LogP contribution in [0.2, 0.25) is 0 Å². The van der Waals surface area contributed by atoms with Gasteiger partial charge in [0.1, 0.15) is 19.8 Å². The largest absolute Gasteiger partial charge is 0.472 e. The molecule has 0 aromatic heterocycles. The van der Waals surface area contributed by atoms with Crippen LogP contribution in [0.25, 0.3) is 0 Å². The van der Waals surface area contributed by atoms with Crippen molar-refractivity contribution < 1.29 is 32.5 Å². The molecule has 0 amide bonds. The number of phosphoric ester groups is 1. The van der Waals surface area contributed by atoms with Crippen LogP contribution < -0.4 is 5.73 Å². The summed E-state index contributed by atoms with van der Waals surface area (Å²) in [6.07, 6.45) is 16.7. The number of unbranched alkanes of at least 4 members (excludes halogenated alkanes) is 12. The van der Waals surface area contributed by atoms with E-state index < -0.39 is 13.9 Å². The number of hydrogen-bond acceptors (Lipinski definition) is 6. The lowest BCUT2D eigenvalue weighted by molar-refractivity contribution is -0.870. The topological polar surface area (TPSA) is 108 Å². The zero-order valence-corrected chi connectivity index (χ0v) is 22.7.